The van der Waals surface area contributed by atoms with Crippen LogP contribution in [-0.4, -0.2) is 19.6 Å². The lowest BCUT2D eigenvalue weighted by Gasteiger charge is -2.12. The van der Waals surface area contributed by atoms with Crippen molar-refractivity contribution < 1.29 is 0 Å². The van der Waals surface area contributed by atoms with Crippen molar-refractivity contribution in [3.05, 3.63) is 33.8 Å². The monoisotopic (exact) mass is 297 g/mol. The first-order valence-corrected chi connectivity index (χ1v) is 6.21. The molecule has 0 fully saturated rings. The summed E-state index contributed by atoms with van der Waals surface area (Å²) in [5.74, 6) is 0. The predicted octanol–water partition coefficient (Wildman–Crippen LogP) is 1.47. The molecule has 0 spiro atoms. The molecule has 6 heteroatoms. The van der Waals surface area contributed by atoms with Gasteiger partial charge < -0.3 is 5.73 Å². The van der Waals surface area contributed by atoms with Crippen LogP contribution in [0.1, 0.15) is 23.1 Å². The summed E-state index contributed by atoms with van der Waals surface area (Å²) in [4.78, 5) is 0. The third kappa shape index (κ3) is 2.28. The van der Waals surface area contributed by atoms with Gasteiger partial charge in [0.05, 0.1) is 27.6 Å². The SMILES string of the molecule is Cc1nn(C)c(CC(N)c2ccnn2C)c1Br. The summed E-state index contributed by atoms with van der Waals surface area (Å²) in [6, 6.07) is 1.87. The van der Waals surface area contributed by atoms with E-state index in [9.17, 15) is 0 Å². The molecule has 0 aliphatic rings. The van der Waals surface area contributed by atoms with Crippen LogP contribution >= 0.6 is 15.9 Å². The van der Waals surface area contributed by atoms with Crippen LogP contribution in [-0.2, 0) is 20.5 Å². The molecule has 0 saturated carbocycles. The number of nitrogens with two attached hydrogens (primary N) is 1. The number of hydrogen-bond acceptors (Lipinski definition) is 3. The average molecular weight is 298 g/mol. The van der Waals surface area contributed by atoms with Gasteiger partial charge in [0.25, 0.3) is 0 Å². The molecule has 1 unspecified atom stereocenters. The predicted molar refractivity (Wildman–Crippen MR) is 69.5 cm³/mol. The third-order valence-electron chi connectivity index (χ3n) is 2.91. The highest BCUT2D eigenvalue weighted by Crippen LogP contribution is 2.24. The van der Waals surface area contributed by atoms with Crippen molar-refractivity contribution in [1.29, 1.82) is 0 Å². The van der Waals surface area contributed by atoms with Gasteiger partial charge in [-0.3, -0.25) is 9.36 Å². The molecule has 2 heterocycles. The smallest absolute Gasteiger partial charge is 0.0738 e. The third-order valence-corrected chi connectivity index (χ3v) is 3.95. The van der Waals surface area contributed by atoms with Gasteiger partial charge in [-0.05, 0) is 28.9 Å². The normalized spacial score (nSPS) is 13.0. The summed E-state index contributed by atoms with van der Waals surface area (Å²) in [5, 5.41) is 8.49. The van der Waals surface area contributed by atoms with Crippen molar-refractivity contribution in [2.45, 2.75) is 19.4 Å². The largest absolute Gasteiger partial charge is 0.322 e. The Morgan fingerprint density at radius 1 is 1.41 bits per heavy atom. The van der Waals surface area contributed by atoms with Crippen LogP contribution in [0.25, 0.3) is 0 Å². The molecule has 2 aromatic rings. The Balaban J connectivity index is 2.24. The van der Waals surface area contributed by atoms with Crippen molar-refractivity contribution in [2.24, 2.45) is 19.8 Å². The van der Waals surface area contributed by atoms with Gasteiger partial charge in [0.1, 0.15) is 0 Å². The fourth-order valence-corrected chi connectivity index (χ4v) is 2.46. The van der Waals surface area contributed by atoms with Crippen LogP contribution < -0.4 is 5.73 Å². The minimum Gasteiger partial charge on any atom is -0.322 e. The van der Waals surface area contributed by atoms with Crippen molar-refractivity contribution in [2.75, 3.05) is 0 Å². The molecule has 17 heavy (non-hydrogen) atoms. The molecule has 0 bridgehead atoms. The second-order valence-corrected chi connectivity index (χ2v) is 4.95. The van der Waals surface area contributed by atoms with E-state index >= 15 is 0 Å². The number of nitrogens with zero attached hydrogens (tertiary/aromatic N) is 4. The maximum Gasteiger partial charge on any atom is 0.0738 e. The second kappa shape index (κ2) is 4.62. The van der Waals surface area contributed by atoms with Crippen LogP contribution in [0, 0.1) is 6.92 Å². The Morgan fingerprint density at radius 2 is 2.12 bits per heavy atom. The van der Waals surface area contributed by atoms with Gasteiger partial charge in [-0.15, -0.1) is 0 Å². The zero-order chi connectivity index (χ0) is 12.6. The van der Waals surface area contributed by atoms with Gasteiger partial charge in [0, 0.05) is 26.7 Å². The molecule has 1 atom stereocenters. The van der Waals surface area contributed by atoms with Crippen LogP contribution in [0.3, 0.4) is 0 Å². The zero-order valence-electron chi connectivity index (χ0n) is 10.2. The first-order chi connectivity index (χ1) is 8.00. The first kappa shape index (κ1) is 12.3. The summed E-state index contributed by atoms with van der Waals surface area (Å²) < 4.78 is 4.72. The van der Waals surface area contributed by atoms with Gasteiger partial charge >= 0.3 is 0 Å². The van der Waals surface area contributed by atoms with E-state index in [1.165, 1.54) is 0 Å². The molecule has 0 amide bonds. The molecular formula is C11H16BrN5. The maximum atomic E-state index is 6.20. The number of aromatic nitrogens is 4. The molecule has 92 valence electrons. The Kier molecular flexibility index (Phi) is 3.35. The van der Waals surface area contributed by atoms with Gasteiger partial charge in [-0.1, -0.05) is 0 Å². The highest BCUT2D eigenvalue weighted by Gasteiger charge is 2.17. The minimum atomic E-state index is -0.0754. The molecule has 2 rings (SSSR count). The molecule has 0 radical (unpaired) electrons. The van der Waals surface area contributed by atoms with Crippen LogP contribution in [0.4, 0.5) is 0 Å². The van der Waals surface area contributed by atoms with Gasteiger partial charge in [-0.25, -0.2) is 0 Å². The number of aryl methyl sites for hydroxylation is 3. The number of rotatable bonds is 3. The fourth-order valence-electron chi connectivity index (χ4n) is 1.96. The van der Waals surface area contributed by atoms with E-state index in [1.807, 2.05) is 36.4 Å². The molecule has 5 nitrogen and oxygen atoms in total. The second-order valence-electron chi connectivity index (χ2n) is 4.16. The first-order valence-electron chi connectivity index (χ1n) is 5.42. The maximum absolute atomic E-state index is 6.20. The average Bonchev–Trinajstić information content (AvgIpc) is 2.78. The molecule has 0 aliphatic carbocycles. The zero-order valence-corrected chi connectivity index (χ0v) is 11.8. The Hall–Kier alpha value is -1.14. The highest BCUT2D eigenvalue weighted by atomic mass is 79.9. The lowest BCUT2D eigenvalue weighted by molar-refractivity contribution is 0.587. The van der Waals surface area contributed by atoms with Gasteiger partial charge in [-0.2, -0.15) is 10.2 Å². The number of halogens is 1. The quantitative estimate of drug-likeness (QED) is 0.933. The van der Waals surface area contributed by atoms with Crippen molar-refractivity contribution >= 4 is 15.9 Å². The van der Waals surface area contributed by atoms with E-state index in [1.54, 1.807) is 6.20 Å². The molecular weight excluding hydrogens is 282 g/mol. The van der Waals surface area contributed by atoms with Crippen LogP contribution in [0.15, 0.2) is 16.7 Å². The van der Waals surface area contributed by atoms with Crippen molar-refractivity contribution in [1.82, 2.24) is 19.6 Å². The molecule has 0 aromatic carbocycles. The topological polar surface area (TPSA) is 61.7 Å². The summed E-state index contributed by atoms with van der Waals surface area (Å²) in [6.45, 7) is 1.98. The molecule has 0 aliphatic heterocycles. The van der Waals surface area contributed by atoms with E-state index in [4.69, 9.17) is 5.73 Å². The van der Waals surface area contributed by atoms with Crippen LogP contribution in [0.5, 0.6) is 0 Å². The summed E-state index contributed by atoms with van der Waals surface area (Å²) in [7, 11) is 3.84. The summed E-state index contributed by atoms with van der Waals surface area (Å²) >= 11 is 3.55. The van der Waals surface area contributed by atoms with Crippen molar-refractivity contribution in [3.63, 3.8) is 0 Å². The molecule has 2 aromatic heterocycles. The van der Waals surface area contributed by atoms with E-state index in [-0.39, 0.29) is 6.04 Å². The van der Waals surface area contributed by atoms with E-state index in [0.717, 1.165) is 28.0 Å². The van der Waals surface area contributed by atoms with E-state index in [2.05, 4.69) is 26.1 Å². The summed E-state index contributed by atoms with van der Waals surface area (Å²) in [6.07, 6.45) is 2.50. The van der Waals surface area contributed by atoms with E-state index in [0.29, 0.717) is 0 Å². The highest BCUT2D eigenvalue weighted by molar-refractivity contribution is 9.10. The molecule has 0 saturated heterocycles. The molecule has 2 N–H and O–H groups in total. The van der Waals surface area contributed by atoms with Crippen molar-refractivity contribution in [3.8, 4) is 0 Å². The standard InChI is InChI=1S/C11H16BrN5/c1-7-11(12)10(17(3)15-7)6-8(13)9-4-5-14-16(9)2/h4-5,8H,6,13H2,1-3H3. The fraction of sp³-hybridized carbons (Fsp3) is 0.455. The Labute approximate surface area is 109 Å². The Morgan fingerprint density at radius 3 is 2.59 bits per heavy atom. The lowest BCUT2D eigenvalue weighted by Crippen LogP contribution is -2.18. The minimum absolute atomic E-state index is 0.0754. The van der Waals surface area contributed by atoms with Gasteiger partial charge in [0.2, 0.25) is 0 Å². The summed E-state index contributed by atoms with van der Waals surface area (Å²) in [5.41, 5.74) is 9.31. The Bertz CT molecular complexity index is 528. The van der Waals surface area contributed by atoms with Gasteiger partial charge in [0.15, 0.2) is 0 Å². The lowest BCUT2D eigenvalue weighted by atomic mass is 10.1. The van der Waals surface area contributed by atoms with Crippen LogP contribution in [0.2, 0.25) is 0 Å². The van der Waals surface area contributed by atoms with E-state index < -0.39 is 0 Å². The number of hydrogen-bond donors (Lipinski definition) is 1.